The third-order valence-electron chi connectivity index (χ3n) is 3.94. The van der Waals surface area contributed by atoms with E-state index in [2.05, 4.69) is 14.9 Å². The third kappa shape index (κ3) is 3.72. The van der Waals surface area contributed by atoms with E-state index in [0.29, 0.717) is 26.3 Å². The molecular weight excluding hydrogens is 296 g/mol. The summed E-state index contributed by atoms with van der Waals surface area (Å²) in [6.45, 7) is 9.97. The van der Waals surface area contributed by atoms with Gasteiger partial charge in [0.25, 0.3) is 0 Å². The number of hydrogen-bond acceptors (Lipinski definition) is 6. The van der Waals surface area contributed by atoms with Crippen LogP contribution in [0.1, 0.15) is 32.4 Å². The van der Waals surface area contributed by atoms with Crippen molar-refractivity contribution in [2.24, 2.45) is 0 Å². The van der Waals surface area contributed by atoms with Gasteiger partial charge in [-0.25, -0.2) is 9.78 Å². The van der Waals surface area contributed by atoms with Gasteiger partial charge in [-0.3, -0.25) is 4.98 Å². The molecule has 7 nitrogen and oxygen atoms in total. The van der Waals surface area contributed by atoms with Crippen molar-refractivity contribution in [2.75, 3.05) is 44.3 Å². The van der Waals surface area contributed by atoms with Crippen molar-refractivity contribution in [1.82, 2.24) is 14.9 Å². The summed E-state index contributed by atoms with van der Waals surface area (Å²) >= 11 is 0. The summed E-state index contributed by atoms with van der Waals surface area (Å²) in [5.41, 5.74) is 0.502. The van der Waals surface area contributed by atoms with Gasteiger partial charge in [0.15, 0.2) is 5.82 Å². The number of nitrogens with zero attached hydrogens (tertiary/aromatic N) is 4. The molecule has 0 N–H and O–H groups in total. The van der Waals surface area contributed by atoms with Gasteiger partial charge in [-0.15, -0.1) is 0 Å². The molecule has 2 aliphatic rings. The molecule has 23 heavy (non-hydrogen) atoms. The number of aromatic nitrogens is 2. The number of anilines is 1. The van der Waals surface area contributed by atoms with Gasteiger partial charge in [-0.05, 0) is 20.8 Å². The van der Waals surface area contributed by atoms with Crippen molar-refractivity contribution < 1.29 is 14.3 Å². The predicted octanol–water partition coefficient (Wildman–Crippen LogP) is 1.65. The van der Waals surface area contributed by atoms with E-state index in [0.717, 1.165) is 24.6 Å². The van der Waals surface area contributed by atoms with Crippen LogP contribution < -0.4 is 4.90 Å². The van der Waals surface area contributed by atoms with Crippen LogP contribution in [0.2, 0.25) is 0 Å². The van der Waals surface area contributed by atoms with E-state index >= 15 is 0 Å². The Labute approximate surface area is 136 Å². The molecule has 0 atom stereocenters. The summed E-state index contributed by atoms with van der Waals surface area (Å²) in [6.07, 6.45) is 3.18. The highest BCUT2D eigenvalue weighted by Crippen LogP contribution is 2.32. The second-order valence-corrected chi connectivity index (χ2v) is 6.95. The molecule has 126 valence electrons. The largest absolute Gasteiger partial charge is 0.444 e. The number of ether oxygens (including phenoxy) is 2. The molecule has 0 saturated carbocycles. The van der Waals surface area contributed by atoms with Crippen LogP contribution in [0, 0.1) is 0 Å². The number of likely N-dealkylation sites (tertiary alicyclic amines) is 1. The Bertz CT molecular complexity index is 561. The minimum atomic E-state index is -0.465. The van der Waals surface area contributed by atoms with Crippen LogP contribution in [-0.2, 0) is 9.47 Å². The summed E-state index contributed by atoms with van der Waals surface area (Å²) < 4.78 is 10.8. The van der Waals surface area contributed by atoms with E-state index in [9.17, 15) is 4.79 Å². The summed E-state index contributed by atoms with van der Waals surface area (Å²) in [7, 11) is 0. The standard InChI is InChI=1S/C16H24N4O3/c1-16(2,3)23-15(21)20-10-12(11-20)13-14(18-5-4-17-13)19-6-8-22-9-7-19/h4-5,12H,6-11H2,1-3H3. The van der Waals surface area contributed by atoms with Gasteiger partial charge in [0.05, 0.1) is 18.9 Å². The molecule has 0 spiro atoms. The van der Waals surface area contributed by atoms with Gasteiger partial charge in [-0.2, -0.15) is 0 Å². The molecule has 0 aliphatic carbocycles. The molecule has 2 fully saturated rings. The first-order valence-corrected chi connectivity index (χ1v) is 8.05. The predicted molar refractivity (Wildman–Crippen MR) is 85.6 cm³/mol. The fourth-order valence-corrected chi connectivity index (χ4v) is 2.78. The van der Waals surface area contributed by atoms with E-state index in [1.807, 2.05) is 20.8 Å². The lowest BCUT2D eigenvalue weighted by atomic mass is 9.96. The number of carbonyl (C=O) groups excluding carboxylic acids is 1. The van der Waals surface area contributed by atoms with Crippen LogP contribution in [0.15, 0.2) is 12.4 Å². The Hall–Kier alpha value is -1.89. The molecule has 0 aromatic carbocycles. The lowest BCUT2D eigenvalue weighted by Gasteiger charge is -2.40. The summed E-state index contributed by atoms with van der Waals surface area (Å²) in [5, 5.41) is 0. The second-order valence-electron chi connectivity index (χ2n) is 6.95. The highest BCUT2D eigenvalue weighted by molar-refractivity contribution is 5.69. The zero-order valence-corrected chi connectivity index (χ0v) is 14.0. The molecule has 3 heterocycles. The summed E-state index contributed by atoms with van der Waals surface area (Å²) in [4.78, 5) is 25.0. The maximum absolute atomic E-state index is 12.0. The Morgan fingerprint density at radius 2 is 1.87 bits per heavy atom. The van der Waals surface area contributed by atoms with E-state index in [1.165, 1.54) is 0 Å². The Balaban J connectivity index is 1.64. The van der Waals surface area contributed by atoms with Crippen molar-refractivity contribution in [3.63, 3.8) is 0 Å². The number of amides is 1. The minimum absolute atomic E-state index is 0.217. The van der Waals surface area contributed by atoms with Crippen LogP contribution in [0.5, 0.6) is 0 Å². The molecule has 1 aromatic rings. The molecule has 0 radical (unpaired) electrons. The molecule has 0 unspecified atom stereocenters. The third-order valence-corrected chi connectivity index (χ3v) is 3.94. The molecule has 1 amide bonds. The van der Waals surface area contributed by atoms with Gasteiger partial charge in [-0.1, -0.05) is 0 Å². The highest BCUT2D eigenvalue weighted by Gasteiger charge is 2.37. The topological polar surface area (TPSA) is 67.8 Å². The Morgan fingerprint density at radius 1 is 1.22 bits per heavy atom. The van der Waals surface area contributed by atoms with Crippen LogP contribution in [0.3, 0.4) is 0 Å². The van der Waals surface area contributed by atoms with Crippen molar-refractivity contribution in [3.05, 3.63) is 18.1 Å². The van der Waals surface area contributed by atoms with Crippen LogP contribution in [0.4, 0.5) is 10.6 Å². The van der Waals surface area contributed by atoms with E-state index in [-0.39, 0.29) is 12.0 Å². The maximum Gasteiger partial charge on any atom is 0.410 e. The zero-order valence-electron chi connectivity index (χ0n) is 14.0. The first kappa shape index (κ1) is 16.0. The molecular formula is C16H24N4O3. The van der Waals surface area contributed by atoms with E-state index in [1.54, 1.807) is 17.3 Å². The number of rotatable bonds is 2. The first-order chi connectivity index (χ1) is 10.9. The Morgan fingerprint density at radius 3 is 2.52 bits per heavy atom. The van der Waals surface area contributed by atoms with Gasteiger partial charge >= 0.3 is 6.09 Å². The molecule has 2 aliphatic heterocycles. The normalized spacial score (nSPS) is 19.4. The number of carbonyl (C=O) groups is 1. The summed E-state index contributed by atoms with van der Waals surface area (Å²) in [5.74, 6) is 1.14. The fraction of sp³-hybridized carbons (Fsp3) is 0.688. The average Bonchev–Trinajstić information content (AvgIpc) is 2.45. The van der Waals surface area contributed by atoms with Gasteiger partial charge in [0, 0.05) is 44.5 Å². The van der Waals surface area contributed by atoms with Gasteiger partial charge in [0.2, 0.25) is 0 Å². The Kier molecular flexibility index (Phi) is 4.39. The van der Waals surface area contributed by atoms with Gasteiger partial charge in [0.1, 0.15) is 5.60 Å². The number of morpholine rings is 1. The minimum Gasteiger partial charge on any atom is -0.444 e. The number of hydrogen-bond donors (Lipinski definition) is 0. The van der Waals surface area contributed by atoms with Crippen molar-refractivity contribution in [1.29, 1.82) is 0 Å². The van der Waals surface area contributed by atoms with Crippen LogP contribution in [0.25, 0.3) is 0 Å². The maximum atomic E-state index is 12.0. The molecule has 1 aromatic heterocycles. The monoisotopic (exact) mass is 320 g/mol. The first-order valence-electron chi connectivity index (χ1n) is 8.05. The van der Waals surface area contributed by atoms with E-state index < -0.39 is 5.60 Å². The second kappa shape index (κ2) is 6.31. The molecule has 0 bridgehead atoms. The quantitative estimate of drug-likeness (QED) is 0.825. The van der Waals surface area contributed by atoms with E-state index in [4.69, 9.17) is 9.47 Å². The zero-order chi connectivity index (χ0) is 16.4. The molecule has 7 heteroatoms. The van der Waals surface area contributed by atoms with Crippen molar-refractivity contribution in [3.8, 4) is 0 Å². The SMILES string of the molecule is CC(C)(C)OC(=O)N1CC(c2nccnc2N2CCOCC2)C1. The van der Waals surface area contributed by atoms with Crippen molar-refractivity contribution >= 4 is 11.9 Å². The van der Waals surface area contributed by atoms with Crippen LogP contribution >= 0.6 is 0 Å². The summed E-state index contributed by atoms with van der Waals surface area (Å²) in [6, 6.07) is 0. The average molecular weight is 320 g/mol. The van der Waals surface area contributed by atoms with Crippen molar-refractivity contribution in [2.45, 2.75) is 32.3 Å². The van der Waals surface area contributed by atoms with Gasteiger partial charge < -0.3 is 19.3 Å². The highest BCUT2D eigenvalue weighted by atomic mass is 16.6. The van der Waals surface area contributed by atoms with Crippen LogP contribution in [-0.4, -0.2) is 66.0 Å². The fourth-order valence-electron chi connectivity index (χ4n) is 2.78. The lowest BCUT2D eigenvalue weighted by Crippen LogP contribution is -2.51. The molecule has 2 saturated heterocycles. The lowest BCUT2D eigenvalue weighted by molar-refractivity contribution is 0.00786. The molecule has 3 rings (SSSR count). The smallest absolute Gasteiger partial charge is 0.410 e.